The molecule has 1 fully saturated rings. The highest BCUT2D eigenvalue weighted by Crippen LogP contribution is 2.40. The quantitative estimate of drug-likeness (QED) is 0.605. The van der Waals surface area contributed by atoms with E-state index >= 15 is 0 Å². The minimum Gasteiger partial charge on any atom is -0.329 e. The molecule has 2 rings (SSSR count). The van der Waals surface area contributed by atoms with E-state index in [-0.39, 0.29) is 11.1 Å². The Morgan fingerprint density at radius 2 is 2.27 bits per heavy atom. The fourth-order valence-corrected chi connectivity index (χ4v) is 1.22. The van der Waals surface area contributed by atoms with E-state index in [1.807, 2.05) is 6.07 Å². The molecule has 0 aromatic carbocycles. The topological polar surface area (TPSA) is 58.9 Å². The average Bonchev–Trinajstić information content (AvgIpc) is 2.70. The molecule has 1 heterocycles. The van der Waals surface area contributed by atoms with E-state index < -0.39 is 0 Å². The van der Waals surface area contributed by atoms with E-state index in [1.54, 1.807) is 12.3 Å². The molecule has 1 aliphatic carbocycles. The van der Waals surface area contributed by atoms with Crippen LogP contribution in [0.1, 0.15) is 18.4 Å². The summed E-state index contributed by atoms with van der Waals surface area (Å²) in [4.78, 5) is 13.8. The number of H-pyrrole nitrogens is 1. The predicted octanol–water partition coefficient (Wildman–Crippen LogP) is 0.323. The SMILES string of the molecule is NC1(c2ccc[nH]c2=O)CC1. The molecule has 11 heavy (non-hydrogen) atoms. The van der Waals surface area contributed by atoms with Crippen molar-refractivity contribution < 1.29 is 0 Å². The van der Waals surface area contributed by atoms with Gasteiger partial charge >= 0.3 is 0 Å². The smallest absolute Gasteiger partial charge is 0.252 e. The second-order valence-electron chi connectivity index (χ2n) is 3.07. The van der Waals surface area contributed by atoms with Gasteiger partial charge in [-0.05, 0) is 18.9 Å². The molecule has 1 aliphatic rings. The first-order chi connectivity index (χ1) is 5.22. The first-order valence-electron chi connectivity index (χ1n) is 3.69. The Morgan fingerprint density at radius 3 is 2.82 bits per heavy atom. The monoisotopic (exact) mass is 150 g/mol. The predicted molar refractivity (Wildman–Crippen MR) is 42.2 cm³/mol. The molecule has 0 spiro atoms. The van der Waals surface area contributed by atoms with Crippen molar-refractivity contribution in [3.63, 3.8) is 0 Å². The first kappa shape index (κ1) is 6.61. The first-order valence-corrected chi connectivity index (χ1v) is 3.69. The molecule has 3 nitrogen and oxygen atoms in total. The molecule has 0 atom stereocenters. The van der Waals surface area contributed by atoms with Gasteiger partial charge in [0, 0.05) is 17.3 Å². The summed E-state index contributed by atoms with van der Waals surface area (Å²) < 4.78 is 0. The Kier molecular flexibility index (Phi) is 1.17. The molecule has 0 bridgehead atoms. The number of hydrogen-bond donors (Lipinski definition) is 2. The van der Waals surface area contributed by atoms with Crippen LogP contribution in [0.4, 0.5) is 0 Å². The standard InChI is InChI=1S/C8H10N2O/c9-8(3-4-8)6-2-1-5-10-7(6)11/h1-2,5H,3-4,9H2,(H,10,11). The fraction of sp³-hybridized carbons (Fsp3) is 0.375. The van der Waals surface area contributed by atoms with Crippen molar-refractivity contribution in [3.05, 3.63) is 34.2 Å². The third kappa shape index (κ3) is 0.973. The molecule has 0 radical (unpaired) electrons. The van der Waals surface area contributed by atoms with Gasteiger partial charge in [-0.3, -0.25) is 4.79 Å². The second kappa shape index (κ2) is 1.95. The van der Waals surface area contributed by atoms with Crippen LogP contribution in [0.25, 0.3) is 0 Å². The molecule has 0 saturated heterocycles. The van der Waals surface area contributed by atoms with Gasteiger partial charge in [0.1, 0.15) is 0 Å². The Hall–Kier alpha value is -1.09. The number of rotatable bonds is 1. The van der Waals surface area contributed by atoms with Gasteiger partial charge in [0.15, 0.2) is 0 Å². The van der Waals surface area contributed by atoms with Gasteiger partial charge in [0.05, 0.1) is 0 Å². The van der Waals surface area contributed by atoms with Crippen LogP contribution in [0.5, 0.6) is 0 Å². The minimum absolute atomic E-state index is 0.0486. The Morgan fingerprint density at radius 1 is 1.55 bits per heavy atom. The Labute approximate surface area is 64.2 Å². The van der Waals surface area contributed by atoms with Crippen LogP contribution in [0.2, 0.25) is 0 Å². The van der Waals surface area contributed by atoms with Gasteiger partial charge in [0.2, 0.25) is 0 Å². The minimum atomic E-state index is -0.311. The zero-order valence-corrected chi connectivity index (χ0v) is 6.13. The van der Waals surface area contributed by atoms with E-state index in [0.717, 1.165) is 18.4 Å². The molecular weight excluding hydrogens is 140 g/mol. The lowest BCUT2D eigenvalue weighted by molar-refractivity contribution is 0.725. The summed E-state index contributed by atoms with van der Waals surface area (Å²) in [5, 5.41) is 0. The van der Waals surface area contributed by atoms with E-state index in [0.29, 0.717) is 0 Å². The zero-order valence-electron chi connectivity index (χ0n) is 6.13. The number of aromatic nitrogens is 1. The summed E-state index contributed by atoms with van der Waals surface area (Å²) in [5.74, 6) is 0. The van der Waals surface area contributed by atoms with Crippen molar-refractivity contribution >= 4 is 0 Å². The van der Waals surface area contributed by atoms with Gasteiger partial charge in [-0.1, -0.05) is 6.07 Å². The molecule has 0 unspecified atom stereocenters. The largest absolute Gasteiger partial charge is 0.329 e. The van der Waals surface area contributed by atoms with Crippen molar-refractivity contribution in [1.82, 2.24) is 4.98 Å². The van der Waals surface area contributed by atoms with Crippen LogP contribution in [-0.2, 0) is 5.54 Å². The number of nitrogens with two attached hydrogens (primary N) is 1. The van der Waals surface area contributed by atoms with Crippen LogP contribution in [0, 0.1) is 0 Å². The van der Waals surface area contributed by atoms with Crippen LogP contribution in [0.3, 0.4) is 0 Å². The third-order valence-corrected chi connectivity index (χ3v) is 2.14. The van der Waals surface area contributed by atoms with E-state index in [1.165, 1.54) is 0 Å². The fourth-order valence-electron chi connectivity index (χ4n) is 1.22. The highest BCUT2D eigenvalue weighted by Gasteiger charge is 2.41. The maximum absolute atomic E-state index is 11.2. The molecule has 1 aromatic rings. The molecular formula is C8H10N2O. The van der Waals surface area contributed by atoms with Crippen LogP contribution in [0.15, 0.2) is 23.1 Å². The Bertz CT molecular complexity index is 325. The molecule has 1 saturated carbocycles. The molecule has 1 aromatic heterocycles. The van der Waals surface area contributed by atoms with Gasteiger partial charge in [-0.2, -0.15) is 0 Å². The number of aromatic amines is 1. The van der Waals surface area contributed by atoms with Crippen LogP contribution < -0.4 is 11.3 Å². The summed E-state index contributed by atoms with van der Waals surface area (Å²) in [6, 6.07) is 3.61. The zero-order chi connectivity index (χ0) is 7.90. The van der Waals surface area contributed by atoms with Crippen LogP contribution >= 0.6 is 0 Å². The Balaban J connectivity index is 2.53. The van der Waals surface area contributed by atoms with Crippen molar-refractivity contribution in [2.75, 3.05) is 0 Å². The maximum atomic E-state index is 11.2. The van der Waals surface area contributed by atoms with Crippen molar-refractivity contribution in [2.24, 2.45) is 5.73 Å². The average molecular weight is 150 g/mol. The molecule has 0 aliphatic heterocycles. The van der Waals surface area contributed by atoms with Gasteiger partial charge < -0.3 is 10.7 Å². The van der Waals surface area contributed by atoms with E-state index in [9.17, 15) is 4.79 Å². The number of hydrogen-bond acceptors (Lipinski definition) is 2. The highest BCUT2D eigenvalue weighted by atomic mass is 16.1. The van der Waals surface area contributed by atoms with E-state index in [2.05, 4.69) is 4.98 Å². The van der Waals surface area contributed by atoms with Gasteiger partial charge in [0.25, 0.3) is 5.56 Å². The summed E-state index contributed by atoms with van der Waals surface area (Å²) >= 11 is 0. The summed E-state index contributed by atoms with van der Waals surface area (Å²) in [7, 11) is 0. The maximum Gasteiger partial charge on any atom is 0.252 e. The summed E-state index contributed by atoms with van der Waals surface area (Å²) in [6.07, 6.45) is 3.48. The number of pyridine rings is 1. The molecule has 0 amide bonds. The van der Waals surface area contributed by atoms with Crippen molar-refractivity contribution in [3.8, 4) is 0 Å². The number of nitrogens with one attached hydrogen (secondary N) is 1. The lowest BCUT2D eigenvalue weighted by atomic mass is 10.1. The molecule has 3 N–H and O–H groups in total. The van der Waals surface area contributed by atoms with E-state index in [4.69, 9.17) is 5.73 Å². The lowest BCUT2D eigenvalue weighted by Gasteiger charge is -2.05. The summed E-state index contributed by atoms with van der Waals surface area (Å²) in [6.45, 7) is 0. The van der Waals surface area contributed by atoms with Crippen LogP contribution in [-0.4, -0.2) is 4.98 Å². The van der Waals surface area contributed by atoms with Gasteiger partial charge in [-0.25, -0.2) is 0 Å². The lowest BCUT2D eigenvalue weighted by Crippen LogP contribution is -2.27. The summed E-state index contributed by atoms with van der Waals surface area (Å²) in [5.41, 5.74) is 6.21. The van der Waals surface area contributed by atoms with Gasteiger partial charge in [-0.15, -0.1) is 0 Å². The normalized spacial score (nSPS) is 19.7. The highest BCUT2D eigenvalue weighted by molar-refractivity contribution is 5.25. The third-order valence-electron chi connectivity index (χ3n) is 2.14. The van der Waals surface area contributed by atoms with Crippen molar-refractivity contribution in [1.29, 1.82) is 0 Å². The molecule has 58 valence electrons. The van der Waals surface area contributed by atoms with Crippen molar-refractivity contribution in [2.45, 2.75) is 18.4 Å². The second-order valence-corrected chi connectivity index (χ2v) is 3.07. The molecule has 3 heteroatoms.